The summed E-state index contributed by atoms with van der Waals surface area (Å²) < 4.78 is 46.3. The number of fused-ring (bicyclic) bond motifs is 1. The van der Waals surface area contributed by atoms with Gasteiger partial charge in [0.2, 0.25) is 10.0 Å². The molecule has 1 aliphatic carbocycles. The van der Waals surface area contributed by atoms with E-state index >= 15 is 0 Å². The minimum Gasteiger partial charge on any atom is -0.490 e. The molecule has 3 rings (SSSR count). The molecule has 0 bridgehead atoms. The van der Waals surface area contributed by atoms with Gasteiger partial charge in [0.05, 0.1) is 11.9 Å². The highest BCUT2D eigenvalue weighted by Crippen LogP contribution is 2.37. The van der Waals surface area contributed by atoms with E-state index in [4.69, 9.17) is 4.74 Å². The lowest BCUT2D eigenvalue weighted by Crippen LogP contribution is -2.42. The standard InChI is InChI=1S/C17H24FNO3S/c1-11(2)23(20,21)19-7-6-14-8-16(18)17(9-15(14)12(19)3)22-10-13-4-5-13/h8-9,11-13H,4-7,10H2,1-3H3/t12-/m1/s1. The van der Waals surface area contributed by atoms with Crippen LogP contribution in [0.4, 0.5) is 4.39 Å². The Kier molecular flexibility index (Phi) is 4.40. The number of sulfonamides is 1. The molecule has 1 aromatic carbocycles. The van der Waals surface area contributed by atoms with Gasteiger partial charge in [0.15, 0.2) is 11.6 Å². The average molecular weight is 341 g/mol. The summed E-state index contributed by atoms with van der Waals surface area (Å²) in [5.41, 5.74) is 1.73. The molecule has 0 radical (unpaired) electrons. The van der Waals surface area contributed by atoms with E-state index in [-0.39, 0.29) is 17.6 Å². The van der Waals surface area contributed by atoms with Crippen molar-refractivity contribution in [1.82, 2.24) is 4.31 Å². The van der Waals surface area contributed by atoms with E-state index in [1.165, 1.54) is 10.4 Å². The maximum absolute atomic E-state index is 14.2. The van der Waals surface area contributed by atoms with Crippen molar-refractivity contribution < 1.29 is 17.5 Å². The van der Waals surface area contributed by atoms with Crippen LogP contribution in [0.25, 0.3) is 0 Å². The van der Waals surface area contributed by atoms with Crippen molar-refractivity contribution in [3.63, 3.8) is 0 Å². The van der Waals surface area contributed by atoms with Crippen molar-refractivity contribution in [2.75, 3.05) is 13.2 Å². The maximum atomic E-state index is 14.2. The number of nitrogens with zero attached hydrogens (tertiary/aromatic N) is 1. The molecule has 2 aliphatic rings. The molecule has 1 aliphatic heterocycles. The topological polar surface area (TPSA) is 46.6 Å². The molecular formula is C17H24FNO3S. The lowest BCUT2D eigenvalue weighted by Gasteiger charge is -2.35. The van der Waals surface area contributed by atoms with Crippen molar-refractivity contribution >= 4 is 10.0 Å². The molecule has 128 valence electrons. The summed E-state index contributed by atoms with van der Waals surface area (Å²) in [5, 5.41) is -0.461. The van der Waals surface area contributed by atoms with Crippen LogP contribution in [0.1, 0.15) is 50.8 Å². The van der Waals surface area contributed by atoms with Crippen LogP contribution in [0.15, 0.2) is 12.1 Å². The molecule has 0 saturated heterocycles. The van der Waals surface area contributed by atoms with Gasteiger partial charge in [-0.3, -0.25) is 0 Å². The lowest BCUT2D eigenvalue weighted by molar-refractivity contribution is 0.280. The molecule has 0 N–H and O–H groups in total. The summed E-state index contributed by atoms with van der Waals surface area (Å²) >= 11 is 0. The number of ether oxygens (including phenoxy) is 1. The number of rotatable bonds is 5. The SMILES string of the molecule is CC(C)S(=O)(=O)N1CCc2cc(F)c(OCC3CC3)cc2[C@H]1C. The molecule has 4 nitrogen and oxygen atoms in total. The number of halogens is 1. The van der Waals surface area contributed by atoms with Crippen molar-refractivity contribution in [1.29, 1.82) is 0 Å². The zero-order valence-electron chi connectivity index (χ0n) is 13.9. The average Bonchev–Trinajstić information content (AvgIpc) is 3.29. The second-order valence-corrected chi connectivity index (χ2v) is 9.31. The van der Waals surface area contributed by atoms with E-state index in [0.717, 1.165) is 24.0 Å². The minimum absolute atomic E-state index is 0.242. The van der Waals surface area contributed by atoms with E-state index in [9.17, 15) is 12.8 Å². The van der Waals surface area contributed by atoms with Crippen LogP contribution in [0.3, 0.4) is 0 Å². The fourth-order valence-corrected chi connectivity index (χ4v) is 4.46. The van der Waals surface area contributed by atoms with Crippen LogP contribution in [-0.2, 0) is 16.4 Å². The first kappa shape index (κ1) is 16.7. The molecule has 1 atom stereocenters. The summed E-state index contributed by atoms with van der Waals surface area (Å²) in [6.45, 7) is 6.17. The Morgan fingerprint density at radius 3 is 2.65 bits per heavy atom. The van der Waals surface area contributed by atoms with Gasteiger partial charge in [-0.2, -0.15) is 4.31 Å². The molecule has 0 aromatic heterocycles. The zero-order chi connectivity index (χ0) is 16.8. The highest BCUT2D eigenvalue weighted by molar-refractivity contribution is 7.89. The summed E-state index contributed by atoms with van der Waals surface area (Å²) in [7, 11) is -3.33. The van der Waals surface area contributed by atoms with Crippen LogP contribution in [0.2, 0.25) is 0 Å². The van der Waals surface area contributed by atoms with Crippen LogP contribution in [0, 0.1) is 11.7 Å². The Hall–Kier alpha value is -1.14. The highest BCUT2D eigenvalue weighted by atomic mass is 32.2. The Bertz CT molecular complexity index is 698. The molecule has 1 saturated carbocycles. The van der Waals surface area contributed by atoms with Crippen LogP contribution < -0.4 is 4.74 Å². The van der Waals surface area contributed by atoms with Gasteiger partial charge < -0.3 is 4.74 Å². The third kappa shape index (κ3) is 3.24. The number of hydrogen-bond acceptors (Lipinski definition) is 3. The normalized spacial score (nSPS) is 22.2. The zero-order valence-corrected chi connectivity index (χ0v) is 14.7. The first-order valence-corrected chi connectivity index (χ1v) is 9.76. The largest absolute Gasteiger partial charge is 0.490 e. The predicted octanol–water partition coefficient (Wildman–Crippen LogP) is 3.27. The highest BCUT2D eigenvalue weighted by Gasteiger charge is 2.35. The predicted molar refractivity (Wildman–Crippen MR) is 87.5 cm³/mol. The Labute approximate surface area is 137 Å². The molecule has 0 unspecified atom stereocenters. The Balaban J connectivity index is 1.89. The quantitative estimate of drug-likeness (QED) is 0.826. The van der Waals surface area contributed by atoms with Gasteiger partial charge in [-0.1, -0.05) is 0 Å². The van der Waals surface area contributed by atoms with Crippen molar-refractivity contribution in [2.45, 2.75) is 51.3 Å². The maximum Gasteiger partial charge on any atom is 0.216 e. The molecule has 0 amide bonds. The van der Waals surface area contributed by atoms with E-state index in [1.54, 1.807) is 19.9 Å². The van der Waals surface area contributed by atoms with Gasteiger partial charge in [-0.05, 0) is 69.2 Å². The van der Waals surface area contributed by atoms with Crippen LogP contribution in [0.5, 0.6) is 5.75 Å². The summed E-state index contributed by atoms with van der Waals surface area (Å²) in [6, 6.07) is 2.91. The van der Waals surface area contributed by atoms with Crippen molar-refractivity contribution in [3.05, 3.63) is 29.1 Å². The van der Waals surface area contributed by atoms with Gasteiger partial charge in [-0.15, -0.1) is 0 Å². The second-order valence-electron chi connectivity index (χ2n) is 6.87. The smallest absolute Gasteiger partial charge is 0.216 e. The van der Waals surface area contributed by atoms with Gasteiger partial charge in [0.25, 0.3) is 0 Å². The van der Waals surface area contributed by atoms with Gasteiger partial charge in [0.1, 0.15) is 0 Å². The lowest BCUT2D eigenvalue weighted by atomic mass is 9.95. The van der Waals surface area contributed by atoms with E-state index in [0.29, 0.717) is 25.5 Å². The second kappa shape index (κ2) is 6.06. The molecular weight excluding hydrogens is 317 g/mol. The molecule has 1 aromatic rings. The Morgan fingerprint density at radius 1 is 1.35 bits per heavy atom. The summed E-state index contributed by atoms with van der Waals surface area (Å²) in [6.07, 6.45) is 2.82. The summed E-state index contributed by atoms with van der Waals surface area (Å²) in [4.78, 5) is 0. The number of hydrogen-bond donors (Lipinski definition) is 0. The Morgan fingerprint density at radius 2 is 2.04 bits per heavy atom. The summed E-state index contributed by atoms with van der Waals surface area (Å²) in [5.74, 6) is 0.434. The molecule has 0 spiro atoms. The van der Waals surface area contributed by atoms with E-state index in [1.807, 2.05) is 6.92 Å². The molecule has 1 heterocycles. The number of benzene rings is 1. The fourth-order valence-electron chi connectivity index (χ4n) is 3.02. The molecule has 6 heteroatoms. The van der Waals surface area contributed by atoms with Crippen LogP contribution >= 0.6 is 0 Å². The monoisotopic (exact) mass is 341 g/mol. The van der Waals surface area contributed by atoms with E-state index < -0.39 is 15.3 Å². The minimum atomic E-state index is -3.33. The van der Waals surface area contributed by atoms with Gasteiger partial charge in [-0.25, -0.2) is 12.8 Å². The fraction of sp³-hybridized carbons (Fsp3) is 0.647. The molecule has 23 heavy (non-hydrogen) atoms. The van der Waals surface area contributed by atoms with Gasteiger partial charge in [0, 0.05) is 12.6 Å². The van der Waals surface area contributed by atoms with Crippen molar-refractivity contribution in [3.8, 4) is 5.75 Å². The molecule has 1 fully saturated rings. The van der Waals surface area contributed by atoms with Crippen molar-refractivity contribution in [2.24, 2.45) is 5.92 Å². The third-order valence-electron chi connectivity index (χ3n) is 4.77. The van der Waals surface area contributed by atoms with Gasteiger partial charge >= 0.3 is 0 Å². The van der Waals surface area contributed by atoms with Crippen LogP contribution in [-0.4, -0.2) is 31.1 Å². The third-order valence-corrected chi connectivity index (χ3v) is 7.12. The first-order valence-electron chi connectivity index (χ1n) is 8.26. The van der Waals surface area contributed by atoms with E-state index in [2.05, 4.69) is 0 Å². The first-order chi connectivity index (χ1) is 10.8.